The van der Waals surface area contributed by atoms with Crippen molar-refractivity contribution in [3.63, 3.8) is 0 Å². The zero-order chi connectivity index (χ0) is 23.4. The van der Waals surface area contributed by atoms with Crippen LogP contribution in [-0.4, -0.2) is 22.3 Å². The van der Waals surface area contributed by atoms with Gasteiger partial charge in [-0.1, -0.05) is 66.3 Å². The van der Waals surface area contributed by atoms with Gasteiger partial charge in [0.25, 0.3) is 0 Å². The van der Waals surface area contributed by atoms with Gasteiger partial charge in [0, 0.05) is 6.04 Å². The summed E-state index contributed by atoms with van der Waals surface area (Å²) in [5.41, 5.74) is 2.31. The van der Waals surface area contributed by atoms with Crippen molar-refractivity contribution in [2.75, 3.05) is 17.1 Å². The molecule has 4 rings (SSSR count). The van der Waals surface area contributed by atoms with Gasteiger partial charge in [0.05, 0.1) is 33.4 Å². The Hall–Kier alpha value is -1.80. The van der Waals surface area contributed by atoms with Crippen molar-refractivity contribution in [1.29, 1.82) is 0 Å². The van der Waals surface area contributed by atoms with E-state index < -0.39 is 11.0 Å². The summed E-state index contributed by atoms with van der Waals surface area (Å²) in [6, 6.07) is 11.3. The molecule has 2 N–H and O–H groups in total. The van der Waals surface area contributed by atoms with Crippen molar-refractivity contribution < 1.29 is 8.95 Å². The Kier molecular flexibility index (Phi) is 8.17. The normalized spacial score (nSPS) is 15.6. The average Bonchev–Trinajstić information content (AvgIpc) is 2.99. The Morgan fingerprint density at radius 3 is 2.45 bits per heavy atom. The second kappa shape index (κ2) is 11.1. The minimum absolute atomic E-state index is 0.401. The monoisotopic (exact) mass is 523 g/mol. The second-order valence-electron chi connectivity index (χ2n) is 8.10. The number of thiazole rings is 1. The molecule has 1 aromatic heterocycles. The van der Waals surface area contributed by atoms with Crippen LogP contribution in [0.2, 0.25) is 10.0 Å². The number of halogens is 2. The van der Waals surface area contributed by atoms with Gasteiger partial charge in [0.1, 0.15) is 10.6 Å². The van der Waals surface area contributed by atoms with Crippen molar-refractivity contribution in [3.8, 4) is 16.2 Å². The molecule has 1 aliphatic carbocycles. The summed E-state index contributed by atoms with van der Waals surface area (Å²) in [5, 5.41) is 5.38. The lowest BCUT2D eigenvalue weighted by Crippen LogP contribution is -2.17. The van der Waals surface area contributed by atoms with E-state index in [9.17, 15) is 4.21 Å². The van der Waals surface area contributed by atoms with Crippen LogP contribution in [0, 0.1) is 6.92 Å². The molecule has 176 valence electrons. The summed E-state index contributed by atoms with van der Waals surface area (Å²) < 4.78 is 21.7. The maximum atomic E-state index is 13.2. The molecular formula is C24H27Cl2N3O2S2. The van der Waals surface area contributed by atoms with Gasteiger partial charge in [0.15, 0.2) is 16.1 Å². The number of benzene rings is 2. The van der Waals surface area contributed by atoms with Gasteiger partial charge < -0.3 is 10.1 Å². The highest BCUT2D eigenvalue weighted by Gasteiger charge is 2.19. The third-order valence-electron chi connectivity index (χ3n) is 5.76. The molecule has 1 heterocycles. The molecule has 0 spiro atoms. The summed E-state index contributed by atoms with van der Waals surface area (Å²) in [6.45, 7) is 2.01. The average molecular weight is 525 g/mol. The molecule has 0 amide bonds. The molecule has 0 aliphatic heterocycles. The summed E-state index contributed by atoms with van der Waals surface area (Å²) in [7, 11) is -0.0727. The molecular weight excluding hydrogens is 497 g/mol. The number of methoxy groups -OCH3 is 1. The second-order valence-corrected chi connectivity index (χ2v) is 11.1. The first-order valence-electron chi connectivity index (χ1n) is 11.0. The number of para-hydroxylation sites is 1. The number of aryl methyl sites for hydroxylation is 1. The number of hydrogen-bond acceptors (Lipinski definition) is 5. The molecule has 1 saturated carbocycles. The zero-order valence-corrected chi connectivity index (χ0v) is 21.8. The predicted molar refractivity (Wildman–Crippen MR) is 140 cm³/mol. The predicted octanol–water partition coefficient (Wildman–Crippen LogP) is 7.70. The minimum atomic E-state index is -1.63. The van der Waals surface area contributed by atoms with E-state index in [1.54, 1.807) is 36.6 Å². The van der Waals surface area contributed by atoms with E-state index in [4.69, 9.17) is 32.9 Å². The smallest absolute Gasteiger partial charge is 0.183 e. The lowest BCUT2D eigenvalue weighted by Gasteiger charge is -2.15. The van der Waals surface area contributed by atoms with Crippen molar-refractivity contribution in [3.05, 3.63) is 52.1 Å². The molecule has 33 heavy (non-hydrogen) atoms. The van der Waals surface area contributed by atoms with Gasteiger partial charge >= 0.3 is 0 Å². The van der Waals surface area contributed by atoms with Crippen molar-refractivity contribution >= 4 is 56.3 Å². The first kappa shape index (κ1) is 24.3. The van der Waals surface area contributed by atoms with Gasteiger partial charge in [-0.25, -0.2) is 9.19 Å². The highest BCUT2D eigenvalue weighted by atomic mass is 35.5. The van der Waals surface area contributed by atoms with Crippen LogP contribution in [0.3, 0.4) is 0 Å². The fraction of sp³-hybridized carbons (Fsp3) is 0.375. The Bertz CT molecular complexity index is 1120. The van der Waals surface area contributed by atoms with E-state index in [2.05, 4.69) is 10.0 Å². The first-order valence-corrected chi connectivity index (χ1v) is 13.7. The molecule has 9 heteroatoms. The van der Waals surface area contributed by atoms with Crippen LogP contribution in [0.25, 0.3) is 10.4 Å². The van der Waals surface area contributed by atoms with E-state index in [0.29, 0.717) is 32.4 Å². The third kappa shape index (κ3) is 5.83. The summed E-state index contributed by atoms with van der Waals surface area (Å²) in [4.78, 5) is 6.32. The fourth-order valence-electron chi connectivity index (χ4n) is 4.03. The lowest BCUT2D eigenvalue weighted by molar-refractivity contribution is 0.404. The summed E-state index contributed by atoms with van der Waals surface area (Å²) in [5.74, 6) is 0.520. The highest BCUT2D eigenvalue weighted by Crippen LogP contribution is 2.38. The number of nitrogens with zero attached hydrogens (tertiary/aromatic N) is 1. The first-order chi connectivity index (χ1) is 16.0. The van der Waals surface area contributed by atoms with E-state index >= 15 is 0 Å². The highest BCUT2D eigenvalue weighted by molar-refractivity contribution is 7.86. The molecule has 1 atom stereocenters. The molecule has 1 unspecified atom stereocenters. The van der Waals surface area contributed by atoms with E-state index in [1.807, 2.05) is 25.1 Å². The van der Waals surface area contributed by atoms with Crippen LogP contribution in [0.15, 0.2) is 41.3 Å². The van der Waals surface area contributed by atoms with Crippen LogP contribution in [0.5, 0.6) is 5.75 Å². The maximum Gasteiger partial charge on any atom is 0.183 e. The minimum Gasteiger partial charge on any atom is -0.495 e. The molecule has 1 fully saturated rings. The lowest BCUT2D eigenvalue weighted by atomic mass is 10.1. The van der Waals surface area contributed by atoms with Crippen molar-refractivity contribution in [1.82, 2.24) is 4.98 Å². The quantitative estimate of drug-likeness (QED) is 0.311. The van der Waals surface area contributed by atoms with Gasteiger partial charge in [-0.2, -0.15) is 0 Å². The summed E-state index contributed by atoms with van der Waals surface area (Å²) >= 11 is 14.1. The molecule has 0 bridgehead atoms. The number of anilines is 2. The van der Waals surface area contributed by atoms with Crippen LogP contribution < -0.4 is 14.8 Å². The van der Waals surface area contributed by atoms with Crippen LogP contribution in [0.1, 0.15) is 44.2 Å². The SMILES string of the molecule is COc1ccc(-c2sc(NC3CCCCCC3)nc2C)cc1S(=O)Nc1c(Cl)cccc1Cl. The van der Waals surface area contributed by atoms with Crippen molar-refractivity contribution in [2.45, 2.75) is 56.4 Å². The Balaban J connectivity index is 1.60. The van der Waals surface area contributed by atoms with E-state index in [1.165, 1.54) is 38.5 Å². The third-order valence-corrected chi connectivity index (χ3v) is 8.64. The number of nitrogens with one attached hydrogen (secondary N) is 2. The molecule has 3 aromatic rings. The van der Waals surface area contributed by atoms with Crippen LogP contribution in [0.4, 0.5) is 10.8 Å². The Morgan fingerprint density at radius 2 is 1.79 bits per heavy atom. The maximum absolute atomic E-state index is 13.2. The number of ether oxygens (including phenoxy) is 1. The van der Waals surface area contributed by atoms with Crippen molar-refractivity contribution in [2.24, 2.45) is 0 Å². The van der Waals surface area contributed by atoms with Crippen LogP contribution in [-0.2, 0) is 11.0 Å². The molecule has 0 radical (unpaired) electrons. The Morgan fingerprint density at radius 1 is 1.09 bits per heavy atom. The van der Waals surface area contributed by atoms with E-state index in [-0.39, 0.29) is 0 Å². The number of rotatable bonds is 7. The molecule has 5 nitrogen and oxygen atoms in total. The fourth-order valence-corrected chi connectivity index (χ4v) is 6.76. The summed E-state index contributed by atoms with van der Waals surface area (Å²) in [6.07, 6.45) is 7.56. The standard InChI is InChI=1S/C24H27Cl2N3O2S2/c1-15-23(32-24(27-15)28-17-8-5-3-4-6-9-17)16-12-13-20(31-2)21(14-16)33(30)29-22-18(25)10-7-11-19(22)26/h7,10-14,17,29H,3-6,8-9H2,1-2H3,(H,27,28). The van der Waals surface area contributed by atoms with Gasteiger partial charge in [-0.05, 0) is 55.7 Å². The topological polar surface area (TPSA) is 63.2 Å². The van der Waals surface area contributed by atoms with Gasteiger partial charge in [0.2, 0.25) is 0 Å². The van der Waals surface area contributed by atoms with Crippen LogP contribution >= 0.6 is 34.5 Å². The van der Waals surface area contributed by atoms with Gasteiger partial charge in [-0.15, -0.1) is 0 Å². The number of hydrogen-bond donors (Lipinski definition) is 2. The molecule has 0 saturated heterocycles. The van der Waals surface area contributed by atoms with Gasteiger partial charge in [-0.3, -0.25) is 4.72 Å². The largest absolute Gasteiger partial charge is 0.495 e. The molecule has 1 aliphatic rings. The zero-order valence-electron chi connectivity index (χ0n) is 18.6. The van der Waals surface area contributed by atoms with E-state index in [0.717, 1.165) is 21.3 Å². The Labute approximate surface area is 211 Å². The molecule has 2 aromatic carbocycles. The number of aromatic nitrogens is 1.